The average molecular weight is 189 g/mol. The van der Waals surface area contributed by atoms with E-state index in [1.165, 1.54) is 0 Å². The first-order chi connectivity index (χ1) is 6.61. The van der Waals surface area contributed by atoms with Crippen LogP contribution < -0.4 is 15.9 Å². The van der Waals surface area contributed by atoms with Crippen molar-refractivity contribution in [2.75, 3.05) is 19.4 Å². The van der Waals surface area contributed by atoms with E-state index in [0.29, 0.717) is 11.0 Å². The highest BCUT2D eigenvalue weighted by Gasteiger charge is 2.22. The van der Waals surface area contributed by atoms with Crippen LogP contribution in [0.4, 0.5) is 5.69 Å². The van der Waals surface area contributed by atoms with Crippen molar-refractivity contribution < 1.29 is 4.79 Å². The molecule has 2 rings (SSSR count). The lowest BCUT2D eigenvalue weighted by molar-refractivity contribution is -0.111. The van der Waals surface area contributed by atoms with Crippen molar-refractivity contribution >= 4 is 23.9 Å². The van der Waals surface area contributed by atoms with Gasteiger partial charge < -0.3 is 10.2 Å². The van der Waals surface area contributed by atoms with Gasteiger partial charge in [-0.05, 0) is 6.07 Å². The number of nitrogens with one attached hydrogen (secondary N) is 1. The average Bonchev–Trinajstić information content (AvgIpc) is 2.42. The molecule has 14 heavy (non-hydrogen) atoms. The van der Waals surface area contributed by atoms with E-state index < -0.39 is 0 Å². The molecule has 0 unspecified atom stereocenters. The van der Waals surface area contributed by atoms with Crippen LogP contribution in [0.1, 0.15) is 0 Å². The third kappa shape index (κ3) is 1.08. The van der Waals surface area contributed by atoms with Gasteiger partial charge in [0.15, 0.2) is 0 Å². The van der Waals surface area contributed by atoms with Gasteiger partial charge >= 0.3 is 0 Å². The van der Waals surface area contributed by atoms with Gasteiger partial charge in [0.1, 0.15) is 5.70 Å². The third-order valence-corrected chi connectivity index (χ3v) is 2.18. The van der Waals surface area contributed by atoms with Crippen LogP contribution in [0.25, 0.3) is 12.3 Å². The number of rotatable bonds is 1. The Balaban J connectivity index is 2.88. The molecule has 4 heteroatoms. The Morgan fingerprint density at radius 3 is 2.86 bits per heavy atom. The number of hydrogen-bond acceptors (Lipinski definition) is 3. The summed E-state index contributed by atoms with van der Waals surface area (Å²) in [5.74, 6) is -0.0945. The number of nitrogens with zero attached hydrogens (tertiary/aromatic N) is 2. The molecule has 1 N–H and O–H groups in total. The molecule has 0 aromatic carbocycles. The fourth-order valence-corrected chi connectivity index (χ4v) is 1.60. The summed E-state index contributed by atoms with van der Waals surface area (Å²) in [7, 11) is 3.66. The Morgan fingerprint density at radius 2 is 2.21 bits per heavy atom. The molecule has 1 aromatic heterocycles. The molecule has 0 spiro atoms. The summed E-state index contributed by atoms with van der Waals surface area (Å²) in [6.07, 6.45) is 1.64. The number of carbonyl (C=O) groups is 1. The summed E-state index contributed by atoms with van der Waals surface area (Å²) in [4.78, 5) is 17.4. The zero-order chi connectivity index (χ0) is 10.3. The number of hydrogen-bond donors (Lipinski definition) is 1. The third-order valence-electron chi connectivity index (χ3n) is 2.18. The number of carbonyl (C=O) groups excluding carboxylic acids is 1. The molecule has 1 amide bonds. The van der Waals surface area contributed by atoms with Crippen LogP contribution in [0.3, 0.4) is 0 Å². The molecule has 1 aromatic rings. The maximum Gasteiger partial charge on any atom is 0.272 e. The molecule has 0 atom stereocenters. The Kier molecular flexibility index (Phi) is 1.77. The highest BCUT2D eigenvalue weighted by Crippen LogP contribution is 2.10. The van der Waals surface area contributed by atoms with Gasteiger partial charge in [-0.1, -0.05) is 6.58 Å². The van der Waals surface area contributed by atoms with E-state index in [-0.39, 0.29) is 5.91 Å². The lowest BCUT2D eigenvalue weighted by atomic mass is 10.3. The van der Waals surface area contributed by atoms with Crippen molar-refractivity contribution in [2.45, 2.75) is 0 Å². The Hall–Kier alpha value is -1.84. The van der Waals surface area contributed by atoms with Crippen molar-refractivity contribution in [1.29, 1.82) is 0 Å². The molecule has 1 aliphatic rings. The summed E-state index contributed by atoms with van der Waals surface area (Å²) < 4.78 is 0. The Morgan fingerprint density at radius 1 is 1.50 bits per heavy atom. The van der Waals surface area contributed by atoms with Gasteiger partial charge in [0.25, 0.3) is 5.91 Å². The maximum atomic E-state index is 11.6. The molecular formula is C10H11N3O. The molecule has 0 bridgehead atoms. The van der Waals surface area contributed by atoms with Crippen LogP contribution in [0.2, 0.25) is 0 Å². The fourth-order valence-electron chi connectivity index (χ4n) is 1.60. The zero-order valence-electron chi connectivity index (χ0n) is 8.16. The lowest BCUT2D eigenvalue weighted by Crippen LogP contribution is -2.32. The Labute approximate surface area is 81.6 Å². The van der Waals surface area contributed by atoms with Gasteiger partial charge in [-0.15, -0.1) is 0 Å². The standard InChI is InChI=1S/C10H11N3O/c1-6-8-7(4-5-11-6)12-10(14)9(8)13(2)3/h4-5H,1H2,2-3H3,(H,12,14). The molecule has 0 saturated heterocycles. The first-order valence-electron chi connectivity index (χ1n) is 4.28. The highest BCUT2D eigenvalue weighted by atomic mass is 16.2. The van der Waals surface area contributed by atoms with Crippen molar-refractivity contribution in [2.24, 2.45) is 0 Å². The summed E-state index contributed by atoms with van der Waals surface area (Å²) in [6, 6.07) is 1.78. The van der Waals surface area contributed by atoms with Gasteiger partial charge in [-0.3, -0.25) is 9.78 Å². The van der Waals surface area contributed by atoms with Crippen LogP contribution in [0.15, 0.2) is 12.3 Å². The SMILES string of the molecule is C=c1nccc2c1=C(N(C)C)C(=O)N2. The zero-order valence-corrected chi connectivity index (χ0v) is 8.16. The summed E-state index contributed by atoms with van der Waals surface area (Å²) >= 11 is 0. The van der Waals surface area contributed by atoms with Gasteiger partial charge in [-0.2, -0.15) is 0 Å². The van der Waals surface area contributed by atoms with E-state index in [1.807, 2.05) is 14.1 Å². The number of pyridine rings is 1. The van der Waals surface area contributed by atoms with Crippen LogP contribution in [0.5, 0.6) is 0 Å². The minimum absolute atomic E-state index is 0.0945. The van der Waals surface area contributed by atoms with E-state index in [1.54, 1.807) is 17.2 Å². The first kappa shape index (κ1) is 8.74. The number of likely N-dealkylation sites (N-methyl/N-ethyl adjacent to an activating group) is 1. The molecule has 0 aliphatic carbocycles. The predicted octanol–water partition coefficient (Wildman–Crippen LogP) is -0.886. The largest absolute Gasteiger partial charge is 0.373 e. The Bertz CT molecular complexity index is 505. The van der Waals surface area contributed by atoms with E-state index in [4.69, 9.17) is 0 Å². The number of anilines is 1. The molecule has 0 saturated carbocycles. The minimum atomic E-state index is -0.0945. The summed E-state index contributed by atoms with van der Waals surface area (Å²) in [5.41, 5.74) is 1.41. The number of fused-ring (bicyclic) bond motifs is 1. The molecule has 2 heterocycles. The second-order valence-electron chi connectivity index (χ2n) is 3.38. The van der Waals surface area contributed by atoms with Gasteiger partial charge in [0.05, 0.1) is 16.3 Å². The monoisotopic (exact) mass is 189 g/mol. The van der Waals surface area contributed by atoms with Crippen molar-refractivity contribution in [1.82, 2.24) is 9.88 Å². The number of amides is 1. The van der Waals surface area contributed by atoms with Crippen LogP contribution >= 0.6 is 0 Å². The van der Waals surface area contributed by atoms with Crippen LogP contribution in [-0.2, 0) is 4.79 Å². The second-order valence-corrected chi connectivity index (χ2v) is 3.38. The molecule has 0 radical (unpaired) electrons. The van der Waals surface area contributed by atoms with E-state index in [2.05, 4.69) is 16.9 Å². The van der Waals surface area contributed by atoms with Crippen molar-refractivity contribution in [3.05, 3.63) is 22.8 Å². The van der Waals surface area contributed by atoms with E-state index in [9.17, 15) is 4.79 Å². The molecular weight excluding hydrogens is 178 g/mol. The fraction of sp³-hybridized carbons (Fsp3) is 0.200. The van der Waals surface area contributed by atoms with Gasteiger partial charge in [0.2, 0.25) is 0 Å². The van der Waals surface area contributed by atoms with Crippen LogP contribution in [-0.4, -0.2) is 29.9 Å². The molecule has 4 nitrogen and oxygen atoms in total. The molecule has 0 fully saturated rings. The van der Waals surface area contributed by atoms with Crippen molar-refractivity contribution in [3.8, 4) is 0 Å². The van der Waals surface area contributed by atoms with E-state index in [0.717, 1.165) is 10.9 Å². The normalized spacial score (nSPS) is 13.9. The molecule has 1 aliphatic heterocycles. The minimum Gasteiger partial charge on any atom is -0.373 e. The first-order valence-corrected chi connectivity index (χ1v) is 4.28. The van der Waals surface area contributed by atoms with Crippen LogP contribution in [0, 0.1) is 0 Å². The number of aromatic nitrogens is 1. The predicted molar refractivity (Wildman–Crippen MR) is 54.7 cm³/mol. The summed E-state index contributed by atoms with van der Waals surface area (Å²) in [5, 5.41) is 4.21. The van der Waals surface area contributed by atoms with Crippen molar-refractivity contribution in [3.63, 3.8) is 0 Å². The van der Waals surface area contributed by atoms with Gasteiger partial charge in [-0.25, -0.2) is 0 Å². The smallest absolute Gasteiger partial charge is 0.272 e. The second kappa shape index (κ2) is 2.83. The maximum absolute atomic E-state index is 11.6. The lowest BCUT2D eigenvalue weighted by Gasteiger charge is -2.10. The summed E-state index contributed by atoms with van der Waals surface area (Å²) in [6.45, 7) is 3.81. The molecule has 72 valence electrons. The van der Waals surface area contributed by atoms with Gasteiger partial charge in [0, 0.05) is 20.3 Å². The topological polar surface area (TPSA) is 45.2 Å². The van der Waals surface area contributed by atoms with E-state index >= 15 is 0 Å². The quantitative estimate of drug-likeness (QED) is 0.623. The highest BCUT2D eigenvalue weighted by molar-refractivity contribution is 6.23.